The number of benzene rings is 10. The molecule has 5 heteroatoms. The Morgan fingerprint density at radius 3 is 1.40 bits per heavy atom. The van der Waals surface area contributed by atoms with Crippen LogP contribution in [0.3, 0.4) is 0 Å². The van der Waals surface area contributed by atoms with Crippen molar-refractivity contribution in [3.63, 3.8) is 0 Å². The predicted octanol–water partition coefficient (Wildman–Crippen LogP) is 15.9. The molecule has 3 aromatic heterocycles. The van der Waals surface area contributed by atoms with E-state index in [-0.39, 0.29) is 0 Å². The zero-order valence-corrected chi connectivity index (χ0v) is 36.7. The van der Waals surface area contributed by atoms with Gasteiger partial charge in [-0.3, -0.25) is 0 Å². The van der Waals surface area contributed by atoms with Crippen LogP contribution < -0.4 is 0 Å². The molecule has 5 nitrogen and oxygen atoms in total. The van der Waals surface area contributed by atoms with Crippen molar-refractivity contribution < 1.29 is 0 Å². The Labute approximate surface area is 387 Å². The van der Waals surface area contributed by atoms with E-state index in [0.717, 1.165) is 44.6 Å². The standard InChI is InChI=1S/C62H41N5/c1-40-39-48(62-64-60(46-31-27-43(28-32-46)41-15-4-2-5-16-41)63-61(65-62)47-33-29-44(30-34-47)42-17-6-3-7-18-42)35-37-53(40)67-55-24-12-10-22-50(55)51-36-38-57-58(59(51)67)52-23-11-13-25-56(52)66(57)54-26-14-20-45-19-8-9-21-49(45)54/h2-39H,1H3. The monoisotopic (exact) mass is 855 g/mol. The molecule has 0 aliphatic rings. The van der Waals surface area contributed by atoms with Crippen molar-refractivity contribution in [3.05, 3.63) is 236 Å². The molecule has 0 aliphatic heterocycles. The summed E-state index contributed by atoms with van der Waals surface area (Å²) in [5.74, 6) is 1.87. The van der Waals surface area contributed by atoms with E-state index in [9.17, 15) is 0 Å². The summed E-state index contributed by atoms with van der Waals surface area (Å²) in [5.41, 5.74) is 15.5. The van der Waals surface area contributed by atoms with E-state index in [4.69, 9.17) is 15.0 Å². The van der Waals surface area contributed by atoms with E-state index in [1.54, 1.807) is 0 Å². The highest BCUT2D eigenvalue weighted by molar-refractivity contribution is 6.26. The average molecular weight is 856 g/mol. The molecule has 0 bridgehead atoms. The minimum absolute atomic E-state index is 0.622. The van der Waals surface area contributed by atoms with Crippen LogP contribution >= 0.6 is 0 Å². The van der Waals surface area contributed by atoms with Gasteiger partial charge in [-0.25, -0.2) is 15.0 Å². The Morgan fingerprint density at radius 2 is 0.776 bits per heavy atom. The molecule has 314 valence electrons. The summed E-state index contributed by atoms with van der Waals surface area (Å²) < 4.78 is 4.92. The van der Waals surface area contributed by atoms with E-state index < -0.39 is 0 Å². The summed E-state index contributed by atoms with van der Waals surface area (Å²) >= 11 is 0. The zero-order chi connectivity index (χ0) is 44.4. The molecule has 0 amide bonds. The molecular weight excluding hydrogens is 815 g/mol. The number of para-hydroxylation sites is 2. The molecule has 0 aliphatic carbocycles. The molecule has 0 atom stereocenters. The Morgan fingerprint density at radius 1 is 0.299 bits per heavy atom. The molecule has 0 unspecified atom stereocenters. The first-order valence-electron chi connectivity index (χ1n) is 22.8. The van der Waals surface area contributed by atoms with Gasteiger partial charge in [-0.15, -0.1) is 0 Å². The highest BCUT2D eigenvalue weighted by Gasteiger charge is 2.23. The van der Waals surface area contributed by atoms with Gasteiger partial charge < -0.3 is 9.13 Å². The van der Waals surface area contributed by atoms with Crippen LogP contribution in [0.25, 0.3) is 122 Å². The lowest BCUT2D eigenvalue weighted by molar-refractivity contribution is 1.07. The quantitative estimate of drug-likeness (QED) is 0.160. The van der Waals surface area contributed by atoms with Crippen molar-refractivity contribution in [2.45, 2.75) is 6.92 Å². The van der Waals surface area contributed by atoms with Gasteiger partial charge in [0.15, 0.2) is 17.5 Å². The first kappa shape index (κ1) is 38.5. The molecule has 0 radical (unpaired) electrons. The van der Waals surface area contributed by atoms with Crippen molar-refractivity contribution >= 4 is 54.4 Å². The normalized spacial score (nSPS) is 11.7. The Bertz CT molecular complexity index is 3910. The predicted molar refractivity (Wildman–Crippen MR) is 278 cm³/mol. The lowest BCUT2D eigenvalue weighted by atomic mass is 10.0. The summed E-state index contributed by atoms with van der Waals surface area (Å²) in [6.07, 6.45) is 0. The molecule has 13 rings (SSSR count). The van der Waals surface area contributed by atoms with Gasteiger partial charge in [0.2, 0.25) is 0 Å². The highest BCUT2D eigenvalue weighted by Crippen LogP contribution is 2.43. The average Bonchev–Trinajstić information content (AvgIpc) is 3.92. The fourth-order valence-electron chi connectivity index (χ4n) is 10.1. The molecule has 3 heterocycles. The second kappa shape index (κ2) is 15.7. The number of hydrogen-bond donors (Lipinski definition) is 0. The van der Waals surface area contributed by atoms with E-state index >= 15 is 0 Å². The van der Waals surface area contributed by atoms with E-state index in [1.807, 2.05) is 12.1 Å². The number of fused-ring (bicyclic) bond motifs is 8. The van der Waals surface area contributed by atoms with Crippen molar-refractivity contribution in [2.75, 3.05) is 0 Å². The van der Waals surface area contributed by atoms with Gasteiger partial charge in [0.1, 0.15) is 0 Å². The van der Waals surface area contributed by atoms with Gasteiger partial charge in [-0.05, 0) is 82.6 Å². The third-order valence-electron chi connectivity index (χ3n) is 13.3. The number of hydrogen-bond acceptors (Lipinski definition) is 3. The summed E-state index contributed by atoms with van der Waals surface area (Å²) in [4.78, 5) is 15.5. The molecule has 13 aromatic rings. The first-order chi connectivity index (χ1) is 33.1. The van der Waals surface area contributed by atoms with Crippen LogP contribution in [-0.2, 0) is 0 Å². The fraction of sp³-hybridized carbons (Fsp3) is 0.0161. The van der Waals surface area contributed by atoms with Gasteiger partial charge in [-0.2, -0.15) is 0 Å². The smallest absolute Gasteiger partial charge is 0.164 e. The first-order valence-corrected chi connectivity index (χ1v) is 22.8. The largest absolute Gasteiger partial charge is 0.309 e. The van der Waals surface area contributed by atoms with Gasteiger partial charge in [0.25, 0.3) is 0 Å². The minimum atomic E-state index is 0.622. The molecule has 0 fully saturated rings. The number of rotatable bonds is 7. The summed E-state index contributed by atoms with van der Waals surface area (Å²) in [6.45, 7) is 2.20. The molecule has 0 spiro atoms. The van der Waals surface area contributed by atoms with Crippen LogP contribution in [0, 0.1) is 6.92 Å². The molecule has 0 saturated heterocycles. The SMILES string of the molecule is Cc1cc(-c2nc(-c3ccc(-c4ccccc4)cc3)nc(-c3ccc(-c4ccccc4)cc3)n2)ccc1-n1c2ccccc2c2ccc3c(c4ccccc4n3-c3cccc4ccccc34)c21. The Balaban J connectivity index is 0.985. The van der Waals surface area contributed by atoms with Crippen molar-refractivity contribution in [1.82, 2.24) is 24.1 Å². The second-order valence-electron chi connectivity index (χ2n) is 17.3. The van der Waals surface area contributed by atoms with Crippen LogP contribution in [-0.4, -0.2) is 24.1 Å². The lowest BCUT2D eigenvalue weighted by Gasteiger charge is -2.15. The molecular formula is C62H41N5. The number of aryl methyl sites for hydroxylation is 1. The molecule has 0 N–H and O–H groups in total. The van der Waals surface area contributed by atoms with Gasteiger partial charge >= 0.3 is 0 Å². The van der Waals surface area contributed by atoms with E-state index in [1.165, 1.54) is 65.7 Å². The highest BCUT2D eigenvalue weighted by atomic mass is 15.0. The molecule has 10 aromatic carbocycles. The number of aromatic nitrogens is 5. The second-order valence-corrected chi connectivity index (χ2v) is 17.3. The fourth-order valence-corrected chi connectivity index (χ4v) is 10.1. The number of nitrogens with zero attached hydrogens (tertiary/aromatic N) is 5. The third kappa shape index (κ3) is 6.43. The zero-order valence-electron chi connectivity index (χ0n) is 36.7. The molecule has 67 heavy (non-hydrogen) atoms. The molecule has 0 saturated carbocycles. The van der Waals surface area contributed by atoms with Crippen LogP contribution in [0.1, 0.15) is 5.56 Å². The van der Waals surface area contributed by atoms with Gasteiger partial charge in [0.05, 0.1) is 27.8 Å². The van der Waals surface area contributed by atoms with Crippen LogP contribution in [0.4, 0.5) is 0 Å². The summed E-state index contributed by atoms with van der Waals surface area (Å²) in [5, 5.41) is 7.31. The van der Waals surface area contributed by atoms with Crippen molar-refractivity contribution in [2.24, 2.45) is 0 Å². The Hall–Kier alpha value is -8.93. The summed E-state index contributed by atoms with van der Waals surface area (Å²) in [6, 6.07) is 82.0. The topological polar surface area (TPSA) is 48.5 Å². The maximum absolute atomic E-state index is 5.20. The third-order valence-corrected chi connectivity index (χ3v) is 13.3. The van der Waals surface area contributed by atoms with Crippen molar-refractivity contribution in [1.29, 1.82) is 0 Å². The van der Waals surface area contributed by atoms with Gasteiger partial charge in [-0.1, -0.05) is 188 Å². The van der Waals surface area contributed by atoms with E-state index in [0.29, 0.717) is 17.5 Å². The van der Waals surface area contributed by atoms with Crippen LogP contribution in [0.5, 0.6) is 0 Å². The van der Waals surface area contributed by atoms with Gasteiger partial charge in [0, 0.05) is 49.3 Å². The van der Waals surface area contributed by atoms with Crippen molar-refractivity contribution in [3.8, 4) is 67.8 Å². The maximum Gasteiger partial charge on any atom is 0.164 e. The minimum Gasteiger partial charge on any atom is -0.309 e. The van der Waals surface area contributed by atoms with Crippen LogP contribution in [0.2, 0.25) is 0 Å². The summed E-state index contributed by atoms with van der Waals surface area (Å²) in [7, 11) is 0. The lowest BCUT2D eigenvalue weighted by Crippen LogP contribution is -2.02. The Kier molecular flexibility index (Phi) is 9.00. The maximum atomic E-state index is 5.20. The van der Waals surface area contributed by atoms with E-state index in [2.05, 4.69) is 234 Å². The van der Waals surface area contributed by atoms with Crippen LogP contribution in [0.15, 0.2) is 231 Å².